The van der Waals surface area contributed by atoms with Crippen LogP contribution in [0.5, 0.6) is 5.75 Å². The highest BCUT2D eigenvalue weighted by Crippen LogP contribution is 2.28. The molecule has 0 saturated carbocycles. The van der Waals surface area contributed by atoms with E-state index in [4.69, 9.17) is 22.1 Å². The maximum Gasteiger partial charge on any atom is 0.257 e. The predicted molar refractivity (Wildman–Crippen MR) is 84.5 cm³/mol. The Labute approximate surface area is 130 Å². The number of nitrogens with one attached hydrogen (secondary N) is 1. The first-order valence-electron chi connectivity index (χ1n) is 5.71. The molecule has 0 heterocycles. The molecule has 1 amide bonds. The van der Waals surface area contributed by atoms with E-state index in [2.05, 4.69) is 21.2 Å². The normalized spacial score (nSPS) is 10.2. The minimum absolute atomic E-state index is 0.320. The molecule has 104 valence electrons. The van der Waals surface area contributed by atoms with Crippen LogP contribution in [0.4, 0.5) is 11.4 Å². The van der Waals surface area contributed by atoms with Gasteiger partial charge in [-0.15, -0.1) is 0 Å². The fraction of sp³-hybridized carbons (Fsp3) is 0.0714. The summed E-state index contributed by atoms with van der Waals surface area (Å²) in [5, 5.41) is 3.11. The van der Waals surface area contributed by atoms with Gasteiger partial charge in [0, 0.05) is 11.4 Å². The van der Waals surface area contributed by atoms with Crippen molar-refractivity contribution in [3.05, 3.63) is 51.5 Å². The number of rotatable bonds is 3. The van der Waals surface area contributed by atoms with Crippen LogP contribution in [0.15, 0.2) is 40.9 Å². The van der Waals surface area contributed by atoms with Gasteiger partial charge in [-0.3, -0.25) is 4.79 Å². The Balaban J connectivity index is 2.23. The van der Waals surface area contributed by atoms with Crippen LogP contribution in [0.25, 0.3) is 0 Å². The number of ether oxygens (including phenoxy) is 1. The number of methoxy groups -OCH3 is 1. The number of amides is 1. The first kappa shape index (κ1) is 14.7. The Morgan fingerprint density at radius 3 is 2.70 bits per heavy atom. The lowest BCUT2D eigenvalue weighted by Crippen LogP contribution is -2.12. The molecule has 0 aliphatic rings. The Kier molecular flexibility index (Phi) is 4.52. The fourth-order valence-electron chi connectivity index (χ4n) is 1.66. The van der Waals surface area contributed by atoms with Gasteiger partial charge in [-0.2, -0.15) is 0 Å². The molecular formula is C14H12BrClN2O2. The lowest BCUT2D eigenvalue weighted by atomic mass is 10.2. The lowest BCUT2D eigenvalue weighted by molar-refractivity contribution is 0.102. The number of benzene rings is 2. The van der Waals surface area contributed by atoms with E-state index in [9.17, 15) is 4.79 Å². The molecule has 2 aromatic carbocycles. The zero-order chi connectivity index (χ0) is 14.7. The van der Waals surface area contributed by atoms with E-state index in [1.807, 2.05) is 0 Å². The van der Waals surface area contributed by atoms with Gasteiger partial charge in [0.25, 0.3) is 5.91 Å². The molecule has 4 nitrogen and oxygen atoms in total. The molecule has 0 aliphatic heterocycles. The van der Waals surface area contributed by atoms with Crippen molar-refractivity contribution in [1.82, 2.24) is 0 Å². The molecule has 0 radical (unpaired) electrons. The maximum absolute atomic E-state index is 12.2. The summed E-state index contributed by atoms with van der Waals surface area (Å²) in [6.45, 7) is 0. The van der Waals surface area contributed by atoms with Gasteiger partial charge in [-0.05, 0) is 52.3 Å². The van der Waals surface area contributed by atoms with E-state index in [-0.39, 0.29) is 5.91 Å². The van der Waals surface area contributed by atoms with Gasteiger partial charge in [-0.25, -0.2) is 0 Å². The molecule has 0 saturated heterocycles. The van der Waals surface area contributed by atoms with Crippen LogP contribution in [0, 0.1) is 0 Å². The molecule has 0 fully saturated rings. The van der Waals surface area contributed by atoms with Crippen LogP contribution in [-0.4, -0.2) is 13.0 Å². The second kappa shape index (κ2) is 6.15. The predicted octanol–water partition coefficient (Wildman–Crippen LogP) is 3.95. The number of carbonyl (C=O) groups excluding carboxylic acids is 1. The third-order valence-corrected chi connectivity index (χ3v) is 3.59. The molecule has 0 aromatic heterocycles. The van der Waals surface area contributed by atoms with Gasteiger partial charge >= 0.3 is 0 Å². The van der Waals surface area contributed by atoms with Crippen LogP contribution in [0.2, 0.25) is 5.02 Å². The standard InChI is InChI=1S/C14H12BrClN2O2/c1-20-13-5-3-9(7-11(13)15)18-14(19)10-6-8(17)2-4-12(10)16/h2-7H,17H2,1H3,(H,18,19). The summed E-state index contributed by atoms with van der Waals surface area (Å²) in [4.78, 5) is 12.2. The van der Waals surface area contributed by atoms with Crippen molar-refractivity contribution in [2.24, 2.45) is 0 Å². The third-order valence-electron chi connectivity index (χ3n) is 2.64. The van der Waals surface area contributed by atoms with Crippen molar-refractivity contribution >= 4 is 44.8 Å². The molecule has 6 heteroatoms. The van der Waals surface area contributed by atoms with Crippen molar-refractivity contribution in [2.45, 2.75) is 0 Å². The molecule has 2 rings (SSSR count). The monoisotopic (exact) mass is 354 g/mol. The second-order valence-corrected chi connectivity index (χ2v) is 5.30. The largest absolute Gasteiger partial charge is 0.496 e. The molecule has 3 N–H and O–H groups in total. The van der Waals surface area contributed by atoms with E-state index >= 15 is 0 Å². The SMILES string of the molecule is COc1ccc(NC(=O)c2cc(N)ccc2Cl)cc1Br. The van der Waals surface area contributed by atoms with E-state index < -0.39 is 0 Å². The number of carbonyl (C=O) groups is 1. The summed E-state index contributed by atoms with van der Waals surface area (Å²) < 4.78 is 5.87. The average molecular weight is 356 g/mol. The van der Waals surface area contributed by atoms with Crippen LogP contribution in [0.1, 0.15) is 10.4 Å². The number of hydrogen-bond donors (Lipinski definition) is 2. The number of nitrogens with two attached hydrogens (primary N) is 1. The summed E-state index contributed by atoms with van der Waals surface area (Å²) >= 11 is 9.35. The summed E-state index contributed by atoms with van der Waals surface area (Å²) in [5.41, 5.74) is 7.10. The number of nitrogen functional groups attached to an aromatic ring is 1. The van der Waals surface area contributed by atoms with Gasteiger partial charge in [0.15, 0.2) is 0 Å². The molecule has 0 unspecified atom stereocenters. The van der Waals surface area contributed by atoms with Crippen molar-refractivity contribution in [2.75, 3.05) is 18.2 Å². The molecule has 2 aromatic rings. The number of halogens is 2. The molecule has 0 spiro atoms. The topological polar surface area (TPSA) is 64.3 Å². The summed E-state index contributed by atoms with van der Waals surface area (Å²) in [6.07, 6.45) is 0. The highest BCUT2D eigenvalue weighted by molar-refractivity contribution is 9.10. The smallest absolute Gasteiger partial charge is 0.257 e. The zero-order valence-corrected chi connectivity index (χ0v) is 13.0. The second-order valence-electron chi connectivity index (χ2n) is 4.04. The van der Waals surface area contributed by atoms with Gasteiger partial charge in [0.05, 0.1) is 22.2 Å². The summed E-state index contributed by atoms with van der Waals surface area (Å²) in [7, 11) is 1.57. The Morgan fingerprint density at radius 2 is 2.05 bits per heavy atom. The molecular weight excluding hydrogens is 344 g/mol. The Morgan fingerprint density at radius 1 is 1.30 bits per heavy atom. The Hall–Kier alpha value is -1.72. The number of hydrogen-bond acceptors (Lipinski definition) is 3. The average Bonchev–Trinajstić information content (AvgIpc) is 2.41. The van der Waals surface area contributed by atoms with Gasteiger partial charge in [0.2, 0.25) is 0 Å². The quantitative estimate of drug-likeness (QED) is 0.820. The fourth-order valence-corrected chi connectivity index (χ4v) is 2.40. The highest BCUT2D eigenvalue weighted by Gasteiger charge is 2.12. The van der Waals surface area contributed by atoms with Crippen molar-refractivity contribution in [3.8, 4) is 5.75 Å². The third kappa shape index (κ3) is 3.23. The van der Waals surface area contributed by atoms with Crippen molar-refractivity contribution in [3.63, 3.8) is 0 Å². The van der Waals surface area contributed by atoms with Crippen LogP contribution >= 0.6 is 27.5 Å². The Bertz CT molecular complexity index is 662. The first-order chi connectivity index (χ1) is 9.51. The summed E-state index contributed by atoms with van der Waals surface area (Å²) in [6, 6.07) is 10.0. The maximum atomic E-state index is 12.2. The molecule has 0 bridgehead atoms. The first-order valence-corrected chi connectivity index (χ1v) is 6.88. The zero-order valence-electron chi connectivity index (χ0n) is 10.6. The van der Waals surface area contributed by atoms with Gasteiger partial charge < -0.3 is 15.8 Å². The van der Waals surface area contributed by atoms with E-state index in [0.717, 1.165) is 4.47 Å². The van der Waals surface area contributed by atoms with Gasteiger partial charge in [0.1, 0.15) is 5.75 Å². The van der Waals surface area contributed by atoms with E-state index in [1.54, 1.807) is 37.4 Å². The number of anilines is 2. The summed E-state index contributed by atoms with van der Waals surface area (Å²) in [5.74, 6) is 0.365. The van der Waals surface area contributed by atoms with Gasteiger partial charge in [-0.1, -0.05) is 11.6 Å². The minimum Gasteiger partial charge on any atom is -0.496 e. The van der Waals surface area contributed by atoms with Crippen LogP contribution in [0.3, 0.4) is 0 Å². The van der Waals surface area contributed by atoms with Crippen LogP contribution in [-0.2, 0) is 0 Å². The van der Waals surface area contributed by atoms with Crippen LogP contribution < -0.4 is 15.8 Å². The van der Waals surface area contributed by atoms with Crippen molar-refractivity contribution in [1.29, 1.82) is 0 Å². The lowest BCUT2D eigenvalue weighted by Gasteiger charge is -2.09. The highest BCUT2D eigenvalue weighted by atomic mass is 79.9. The molecule has 0 atom stereocenters. The van der Waals surface area contributed by atoms with E-state index in [1.165, 1.54) is 6.07 Å². The van der Waals surface area contributed by atoms with E-state index in [0.29, 0.717) is 27.7 Å². The minimum atomic E-state index is -0.320. The molecule has 0 aliphatic carbocycles. The van der Waals surface area contributed by atoms with Crippen molar-refractivity contribution < 1.29 is 9.53 Å². The molecule has 20 heavy (non-hydrogen) atoms.